The van der Waals surface area contributed by atoms with Crippen LogP contribution in [0.2, 0.25) is 0 Å². The van der Waals surface area contributed by atoms with Crippen LogP contribution in [-0.4, -0.2) is 90.3 Å². The molecule has 200 valence electrons. The predicted molar refractivity (Wildman–Crippen MR) is 140 cm³/mol. The molecule has 3 unspecified atom stereocenters. The third-order valence-corrected chi connectivity index (χ3v) is 7.37. The van der Waals surface area contributed by atoms with Gasteiger partial charge in [-0.3, -0.25) is 9.59 Å². The Bertz CT molecular complexity index is 950. The molecule has 0 bridgehead atoms. The molecule has 1 aromatic rings. The number of nitrogens with one attached hydrogen (secondary N) is 1. The van der Waals surface area contributed by atoms with Crippen molar-refractivity contribution in [1.82, 2.24) is 10.2 Å². The van der Waals surface area contributed by atoms with Crippen LogP contribution in [0.3, 0.4) is 0 Å². The smallest absolute Gasteiger partial charge is 0.249 e. The van der Waals surface area contributed by atoms with Crippen LogP contribution in [0.25, 0.3) is 0 Å². The van der Waals surface area contributed by atoms with E-state index in [0.717, 1.165) is 25.7 Å². The molecule has 2 aliphatic carbocycles. The average Bonchev–Trinajstić information content (AvgIpc) is 3.40. The van der Waals surface area contributed by atoms with Crippen LogP contribution in [0.15, 0.2) is 23.8 Å². The Hall–Kier alpha value is -1.93. The molecule has 0 aromatic heterocycles. The normalized spacial score (nSPS) is 22.2. The van der Waals surface area contributed by atoms with E-state index < -0.39 is 24.2 Å². The Balaban J connectivity index is 2.00. The van der Waals surface area contributed by atoms with E-state index in [2.05, 4.69) is 27.9 Å². The van der Waals surface area contributed by atoms with Gasteiger partial charge in [0.05, 0.1) is 29.9 Å². The maximum absolute atomic E-state index is 13.2. The molecule has 10 nitrogen and oxygen atoms in total. The third kappa shape index (κ3) is 6.68. The molecule has 1 saturated carbocycles. The molecule has 0 saturated heterocycles. The minimum atomic E-state index is -1.13. The lowest BCUT2D eigenvalue weighted by molar-refractivity contribution is -0.145. The maximum atomic E-state index is 13.2. The number of amides is 2. The average molecular weight is 618 g/mol. The van der Waals surface area contributed by atoms with Crippen LogP contribution in [0.1, 0.15) is 37.7 Å². The van der Waals surface area contributed by atoms with E-state index in [1.807, 2.05) is 0 Å². The molecule has 3 atom stereocenters. The highest BCUT2D eigenvalue weighted by Gasteiger charge is 2.43. The molecule has 0 radical (unpaired) electrons. The SMILES string of the molecule is COCC(=O)N(C1CCCC1)C1CC(C(=O)NCCO)=CC(Oc2c(I)cc(CO)cc2OC)C1O. The summed E-state index contributed by atoms with van der Waals surface area (Å²) in [7, 11) is 2.93. The number of hydrogen-bond acceptors (Lipinski definition) is 8. The first-order chi connectivity index (χ1) is 17.3. The highest BCUT2D eigenvalue weighted by atomic mass is 127. The van der Waals surface area contributed by atoms with Gasteiger partial charge in [0.15, 0.2) is 11.5 Å². The van der Waals surface area contributed by atoms with Crippen LogP contribution in [0.4, 0.5) is 0 Å². The van der Waals surface area contributed by atoms with Gasteiger partial charge < -0.3 is 39.7 Å². The zero-order valence-electron chi connectivity index (χ0n) is 20.6. The molecule has 3 rings (SSSR count). The number of aliphatic hydroxyl groups excluding tert-OH is 3. The summed E-state index contributed by atoms with van der Waals surface area (Å²) in [5.74, 6) is 0.103. The molecule has 2 amide bonds. The highest BCUT2D eigenvalue weighted by molar-refractivity contribution is 14.1. The summed E-state index contributed by atoms with van der Waals surface area (Å²) in [5, 5.41) is 32.9. The van der Waals surface area contributed by atoms with Crippen molar-refractivity contribution in [1.29, 1.82) is 0 Å². The maximum Gasteiger partial charge on any atom is 0.249 e. The zero-order chi connectivity index (χ0) is 26.2. The second kappa shape index (κ2) is 13.6. The van der Waals surface area contributed by atoms with E-state index in [0.29, 0.717) is 26.2 Å². The lowest BCUT2D eigenvalue weighted by Gasteiger charge is -2.43. The standard InChI is InChI=1S/C25H35IN2O8/c1-34-14-22(31)28(17-5-3-4-6-17)19-11-16(25(33)27-7-8-29)12-20(23(19)32)36-24-18(26)9-15(13-30)10-21(24)35-2/h9-10,12,17,19-20,23,29-30,32H,3-8,11,13-14H2,1-2H3,(H,27,33). The largest absolute Gasteiger partial charge is 0.493 e. The number of hydrogen-bond donors (Lipinski definition) is 4. The minimum Gasteiger partial charge on any atom is -0.493 e. The monoisotopic (exact) mass is 618 g/mol. The fraction of sp³-hybridized carbons (Fsp3) is 0.600. The van der Waals surface area contributed by atoms with Gasteiger partial charge in [0.25, 0.3) is 0 Å². The highest BCUT2D eigenvalue weighted by Crippen LogP contribution is 2.38. The van der Waals surface area contributed by atoms with Gasteiger partial charge >= 0.3 is 0 Å². The van der Waals surface area contributed by atoms with Crippen LogP contribution in [0, 0.1) is 3.57 Å². The summed E-state index contributed by atoms with van der Waals surface area (Å²) >= 11 is 2.06. The molecule has 1 fully saturated rings. The molecule has 1 aromatic carbocycles. The molecule has 2 aliphatic rings. The lowest BCUT2D eigenvalue weighted by atomic mass is 9.87. The third-order valence-electron chi connectivity index (χ3n) is 6.57. The molecule has 36 heavy (non-hydrogen) atoms. The number of halogens is 1. The second-order valence-electron chi connectivity index (χ2n) is 8.96. The number of rotatable bonds is 11. The number of nitrogens with zero attached hydrogens (tertiary/aromatic N) is 1. The van der Waals surface area contributed by atoms with Crippen LogP contribution >= 0.6 is 22.6 Å². The van der Waals surface area contributed by atoms with E-state index in [1.54, 1.807) is 23.1 Å². The first-order valence-corrected chi connectivity index (χ1v) is 13.1. The quantitative estimate of drug-likeness (QED) is 0.271. The van der Waals surface area contributed by atoms with Gasteiger partial charge in [0.2, 0.25) is 11.8 Å². The van der Waals surface area contributed by atoms with Crippen LogP contribution < -0.4 is 14.8 Å². The summed E-state index contributed by atoms with van der Waals surface area (Å²) in [6.45, 7) is -0.431. The molecule has 0 spiro atoms. The number of benzene rings is 1. The van der Waals surface area contributed by atoms with E-state index in [-0.39, 0.29) is 44.7 Å². The molecular formula is C25H35IN2O8. The summed E-state index contributed by atoms with van der Waals surface area (Å²) in [5.41, 5.74) is 1.00. The van der Waals surface area contributed by atoms with Gasteiger partial charge in [0.1, 0.15) is 18.8 Å². The number of methoxy groups -OCH3 is 2. The van der Waals surface area contributed by atoms with Crippen molar-refractivity contribution >= 4 is 34.4 Å². The van der Waals surface area contributed by atoms with Gasteiger partial charge in [-0.05, 0) is 59.2 Å². The van der Waals surface area contributed by atoms with Crippen LogP contribution in [-0.2, 0) is 20.9 Å². The van der Waals surface area contributed by atoms with Gasteiger partial charge in [-0.1, -0.05) is 12.8 Å². The first-order valence-electron chi connectivity index (χ1n) is 12.1. The summed E-state index contributed by atoms with van der Waals surface area (Å²) < 4.78 is 17.5. The Kier molecular flexibility index (Phi) is 10.8. The number of carbonyl (C=O) groups is 2. The second-order valence-corrected chi connectivity index (χ2v) is 10.1. The Labute approximate surface area is 224 Å². The molecule has 0 heterocycles. The molecular weight excluding hydrogens is 583 g/mol. The van der Waals surface area contributed by atoms with E-state index in [9.17, 15) is 19.8 Å². The van der Waals surface area contributed by atoms with Gasteiger partial charge in [-0.15, -0.1) is 0 Å². The van der Waals surface area contributed by atoms with Crippen LogP contribution in [0.5, 0.6) is 11.5 Å². The lowest BCUT2D eigenvalue weighted by Crippen LogP contribution is -2.58. The number of carbonyl (C=O) groups excluding carboxylic acids is 2. The predicted octanol–water partition coefficient (Wildman–Crippen LogP) is 1.13. The summed E-state index contributed by atoms with van der Waals surface area (Å²) in [6, 6.07) is 2.62. The van der Waals surface area contributed by atoms with E-state index in [1.165, 1.54) is 14.2 Å². The van der Waals surface area contributed by atoms with Crippen molar-refractivity contribution < 1.29 is 39.1 Å². The van der Waals surface area contributed by atoms with Crippen molar-refractivity contribution in [2.75, 3.05) is 34.0 Å². The zero-order valence-corrected chi connectivity index (χ0v) is 22.8. The number of ether oxygens (including phenoxy) is 3. The van der Waals surface area contributed by atoms with Crippen molar-refractivity contribution in [3.05, 3.63) is 32.9 Å². The minimum absolute atomic E-state index is 0.0636. The van der Waals surface area contributed by atoms with E-state index in [4.69, 9.17) is 19.3 Å². The van der Waals surface area contributed by atoms with Gasteiger partial charge in [-0.2, -0.15) is 0 Å². The first kappa shape index (κ1) is 28.6. The van der Waals surface area contributed by atoms with Gasteiger partial charge in [0, 0.05) is 31.7 Å². The Morgan fingerprint density at radius 2 is 1.92 bits per heavy atom. The Morgan fingerprint density at radius 1 is 1.19 bits per heavy atom. The van der Waals surface area contributed by atoms with Crippen molar-refractivity contribution in [3.8, 4) is 11.5 Å². The molecule has 4 N–H and O–H groups in total. The van der Waals surface area contributed by atoms with Crippen molar-refractivity contribution in [3.63, 3.8) is 0 Å². The summed E-state index contributed by atoms with van der Waals surface area (Å²) in [6.07, 6.45) is 3.22. The fourth-order valence-corrected chi connectivity index (χ4v) is 5.70. The molecule has 0 aliphatic heterocycles. The Morgan fingerprint density at radius 3 is 2.53 bits per heavy atom. The van der Waals surface area contributed by atoms with Gasteiger partial charge in [-0.25, -0.2) is 0 Å². The topological polar surface area (TPSA) is 138 Å². The molecule has 11 heteroatoms. The summed E-state index contributed by atoms with van der Waals surface area (Å²) in [4.78, 5) is 27.8. The number of aliphatic hydroxyl groups is 3. The van der Waals surface area contributed by atoms with Crippen molar-refractivity contribution in [2.45, 2.75) is 63.0 Å². The van der Waals surface area contributed by atoms with Crippen molar-refractivity contribution in [2.24, 2.45) is 0 Å². The van der Waals surface area contributed by atoms with E-state index >= 15 is 0 Å². The fourth-order valence-electron chi connectivity index (χ4n) is 4.90.